The smallest absolute Gasteiger partial charge is 0.312 e. The number of rotatable bonds is 6. The lowest BCUT2D eigenvalue weighted by Gasteiger charge is -2.13. The molecule has 0 fully saturated rings. The molecule has 27 heavy (non-hydrogen) atoms. The van der Waals surface area contributed by atoms with Crippen molar-refractivity contribution in [2.24, 2.45) is 0 Å². The molecule has 1 aromatic heterocycles. The molecule has 0 aliphatic heterocycles. The molecule has 1 atom stereocenters. The van der Waals surface area contributed by atoms with Crippen molar-refractivity contribution >= 4 is 28.3 Å². The SMILES string of the molecule is CC(OC(=O)Cc1csc(NC(=O)c2ccccc2)n1)c1cccc(F)c1. The Morgan fingerprint density at radius 2 is 1.96 bits per heavy atom. The second-order valence-corrected chi connectivity index (χ2v) is 6.69. The molecule has 0 saturated heterocycles. The van der Waals surface area contributed by atoms with E-state index in [2.05, 4.69) is 10.3 Å². The van der Waals surface area contributed by atoms with Gasteiger partial charge in [0.05, 0.1) is 12.1 Å². The van der Waals surface area contributed by atoms with Crippen molar-refractivity contribution in [1.29, 1.82) is 0 Å². The predicted molar refractivity (Wildman–Crippen MR) is 101 cm³/mol. The van der Waals surface area contributed by atoms with Crippen LogP contribution in [0, 0.1) is 5.82 Å². The molecule has 0 aliphatic carbocycles. The summed E-state index contributed by atoms with van der Waals surface area (Å²) in [7, 11) is 0. The number of esters is 1. The molecule has 138 valence electrons. The second-order valence-electron chi connectivity index (χ2n) is 5.83. The number of anilines is 1. The van der Waals surface area contributed by atoms with E-state index in [0.717, 1.165) is 0 Å². The number of hydrogen-bond acceptors (Lipinski definition) is 5. The zero-order chi connectivity index (χ0) is 19.2. The average Bonchev–Trinajstić information content (AvgIpc) is 3.09. The number of amides is 1. The Morgan fingerprint density at radius 1 is 1.19 bits per heavy atom. The Labute approximate surface area is 159 Å². The zero-order valence-electron chi connectivity index (χ0n) is 14.5. The number of aromatic nitrogens is 1. The van der Waals surface area contributed by atoms with Gasteiger partial charge in [-0.25, -0.2) is 9.37 Å². The van der Waals surface area contributed by atoms with Gasteiger partial charge in [0.1, 0.15) is 11.9 Å². The predicted octanol–water partition coefficient (Wildman–Crippen LogP) is 4.38. The molecule has 1 amide bonds. The lowest BCUT2D eigenvalue weighted by Crippen LogP contribution is -2.13. The summed E-state index contributed by atoms with van der Waals surface area (Å²) >= 11 is 1.23. The molecule has 1 unspecified atom stereocenters. The van der Waals surface area contributed by atoms with E-state index in [0.29, 0.717) is 22.0 Å². The van der Waals surface area contributed by atoms with Gasteiger partial charge in [-0.1, -0.05) is 30.3 Å². The summed E-state index contributed by atoms with van der Waals surface area (Å²) in [5, 5.41) is 4.80. The molecule has 0 radical (unpaired) electrons. The van der Waals surface area contributed by atoms with E-state index in [1.807, 2.05) is 6.07 Å². The fourth-order valence-electron chi connectivity index (χ4n) is 2.42. The van der Waals surface area contributed by atoms with Crippen LogP contribution in [0.4, 0.5) is 9.52 Å². The summed E-state index contributed by atoms with van der Waals surface area (Å²) in [4.78, 5) is 28.4. The molecule has 1 N–H and O–H groups in total. The van der Waals surface area contributed by atoms with Gasteiger partial charge in [0.15, 0.2) is 5.13 Å². The van der Waals surface area contributed by atoms with E-state index in [-0.39, 0.29) is 18.1 Å². The summed E-state index contributed by atoms with van der Waals surface area (Å²) in [6.45, 7) is 1.68. The van der Waals surface area contributed by atoms with E-state index in [4.69, 9.17) is 4.74 Å². The van der Waals surface area contributed by atoms with Crippen molar-refractivity contribution in [2.45, 2.75) is 19.4 Å². The largest absolute Gasteiger partial charge is 0.457 e. The third kappa shape index (κ3) is 5.21. The van der Waals surface area contributed by atoms with Crippen molar-refractivity contribution in [3.63, 3.8) is 0 Å². The number of carbonyl (C=O) groups is 2. The van der Waals surface area contributed by atoms with Gasteiger partial charge >= 0.3 is 5.97 Å². The number of thiazole rings is 1. The van der Waals surface area contributed by atoms with Crippen LogP contribution in [0.1, 0.15) is 34.6 Å². The summed E-state index contributed by atoms with van der Waals surface area (Å²) in [6.07, 6.45) is -0.596. The number of carbonyl (C=O) groups excluding carboxylic acids is 2. The maximum atomic E-state index is 13.3. The third-order valence-electron chi connectivity index (χ3n) is 3.76. The van der Waals surface area contributed by atoms with Gasteiger partial charge in [-0.05, 0) is 36.8 Å². The van der Waals surface area contributed by atoms with Crippen LogP contribution in [0.5, 0.6) is 0 Å². The Balaban J connectivity index is 1.55. The third-order valence-corrected chi connectivity index (χ3v) is 4.57. The normalized spacial score (nSPS) is 11.6. The van der Waals surface area contributed by atoms with Crippen LogP contribution < -0.4 is 5.32 Å². The second kappa shape index (κ2) is 8.55. The van der Waals surface area contributed by atoms with Gasteiger partial charge < -0.3 is 4.74 Å². The molecule has 1 heterocycles. The Kier molecular flexibility index (Phi) is 5.93. The molecule has 3 rings (SSSR count). The fourth-order valence-corrected chi connectivity index (χ4v) is 3.12. The minimum absolute atomic E-state index is 0.0304. The minimum atomic E-state index is -0.566. The molecule has 0 aliphatic rings. The van der Waals surface area contributed by atoms with Crippen molar-refractivity contribution in [2.75, 3.05) is 5.32 Å². The number of benzene rings is 2. The molecule has 0 bridgehead atoms. The molecule has 2 aromatic carbocycles. The number of nitrogens with zero attached hydrogens (tertiary/aromatic N) is 1. The van der Waals surface area contributed by atoms with E-state index in [9.17, 15) is 14.0 Å². The summed E-state index contributed by atoms with van der Waals surface area (Å²) in [6, 6.07) is 14.7. The number of nitrogens with one attached hydrogen (secondary N) is 1. The number of halogens is 1. The molecule has 5 nitrogen and oxygen atoms in total. The molecule has 3 aromatic rings. The summed E-state index contributed by atoms with van der Waals surface area (Å²) in [5.74, 6) is -1.12. The zero-order valence-corrected chi connectivity index (χ0v) is 15.3. The Morgan fingerprint density at radius 3 is 2.70 bits per heavy atom. The van der Waals surface area contributed by atoms with Gasteiger partial charge in [-0.3, -0.25) is 14.9 Å². The first-order valence-electron chi connectivity index (χ1n) is 8.27. The average molecular weight is 384 g/mol. The first-order valence-corrected chi connectivity index (χ1v) is 9.15. The van der Waals surface area contributed by atoms with Gasteiger partial charge in [0, 0.05) is 10.9 Å². The van der Waals surface area contributed by atoms with Crippen LogP contribution in [0.25, 0.3) is 0 Å². The maximum absolute atomic E-state index is 13.3. The highest BCUT2D eigenvalue weighted by Crippen LogP contribution is 2.20. The highest BCUT2D eigenvalue weighted by molar-refractivity contribution is 7.14. The topological polar surface area (TPSA) is 68.3 Å². The van der Waals surface area contributed by atoms with Gasteiger partial charge in [0.25, 0.3) is 5.91 Å². The Bertz CT molecular complexity index is 943. The van der Waals surface area contributed by atoms with Crippen LogP contribution in [0.15, 0.2) is 60.0 Å². The molecular weight excluding hydrogens is 367 g/mol. The molecule has 0 saturated carbocycles. The van der Waals surface area contributed by atoms with Crippen molar-refractivity contribution in [1.82, 2.24) is 4.98 Å². The van der Waals surface area contributed by atoms with E-state index in [1.165, 1.54) is 23.5 Å². The fraction of sp³-hybridized carbons (Fsp3) is 0.150. The number of ether oxygens (including phenoxy) is 1. The van der Waals surface area contributed by atoms with E-state index >= 15 is 0 Å². The minimum Gasteiger partial charge on any atom is -0.457 e. The first-order chi connectivity index (χ1) is 13.0. The standard InChI is InChI=1S/C20H17FN2O3S/c1-13(15-8-5-9-16(21)10-15)26-18(24)11-17-12-27-20(22-17)23-19(25)14-6-3-2-4-7-14/h2-10,12-13H,11H2,1H3,(H,22,23,25). The van der Waals surface area contributed by atoms with E-state index < -0.39 is 12.1 Å². The van der Waals surface area contributed by atoms with E-state index in [1.54, 1.807) is 48.7 Å². The van der Waals surface area contributed by atoms with Crippen molar-refractivity contribution in [3.05, 3.63) is 82.6 Å². The van der Waals surface area contributed by atoms with Crippen LogP contribution in [0.2, 0.25) is 0 Å². The summed E-state index contributed by atoms with van der Waals surface area (Å²) in [5.41, 5.74) is 1.61. The quantitative estimate of drug-likeness (QED) is 0.641. The highest BCUT2D eigenvalue weighted by Gasteiger charge is 2.15. The molecule has 0 spiro atoms. The van der Waals surface area contributed by atoms with Crippen LogP contribution in [0.3, 0.4) is 0 Å². The first kappa shape index (κ1) is 18.7. The maximum Gasteiger partial charge on any atom is 0.312 e. The summed E-state index contributed by atoms with van der Waals surface area (Å²) < 4.78 is 18.6. The molecule has 7 heteroatoms. The van der Waals surface area contributed by atoms with Gasteiger partial charge in [-0.2, -0.15) is 0 Å². The van der Waals surface area contributed by atoms with Crippen LogP contribution >= 0.6 is 11.3 Å². The lowest BCUT2D eigenvalue weighted by atomic mass is 10.1. The van der Waals surface area contributed by atoms with Crippen molar-refractivity contribution < 1.29 is 18.7 Å². The van der Waals surface area contributed by atoms with Gasteiger partial charge in [0.2, 0.25) is 0 Å². The molecular formula is C20H17FN2O3S. The Hall–Kier alpha value is -3.06. The lowest BCUT2D eigenvalue weighted by molar-refractivity contribution is -0.147. The monoisotopic (exact) mass is 384 g/mol. The van der Waals surface area contributed by atoms with Crippen LogP contribution in [-0.2, 0) is 16.0 Å². The van der Waals surface area contributed by atoms with Gasteiger partial charge in [-0.15, -0.1) is 11.3 Å². The van der Waals surface area contributed by atoms with Crippen LogP contribution in [-0.4, -0.2) is 16.9 Å². The number of hydrogen-bond donors (Lipinski definition) is 1. The van der Waals surface area contributed by atoms with Crippen molar-refractivity contribution in [3.8, 4) is 0 Å². The highest BCUT2D eigenvalue weighted by atomic mass is 32.1.